The van der Waals surface area contributed by atoms with Crippen LogP contribution in [0.3, 0.4) is 0 Å². The number of methoxy groups -OCH3 is 1. The first-order valence-corrected chi connectivity index (χ1v) is 12.2. The molecule has 4 aromatic rings. The van der Waals surface area contributed by atoms with E-state index in [1.807, 2.05) is 98.1 Å². The van der Waals surface area contributed by atoms with Crippen molar-refractivity contribution in [3.63, 3.8) is 0 Å². The molecule has 0 spiro atoms. The minimum absolute atomic E-state index is 0.105. The van der Waals surface area contributed by atoms with Crippen molar-refractivity contribution in [3.05, 3.63) is 89.7 Å². The van der Waals surface area contributed by atoms with Crippen LogP contribution in [0.4, 0.5) is 5.69 Å². The number of carbonyl (C=O) groups is 1. The Labute approximate surface area is 209 Å². The number of rotatable bonds is 9. The molecule has 1 N–H and O–H groups in total. The van der Waals surface area contributed by atoms with E-state index in [1.54, 1.807) is 7.11 Å². The largest absolute Gasteiger partial charge is 0.493 e. The second-order valence-electron chi connectivity index (χ2n) is 8.08. The standard InChI is InChI=1S/C27H28N4O3S/c1-18-14-15-19(2)22(16-18)28-25(32)17-35-27-30-29-26(31(27)21-10-6-5-7-11-21)20(3)34-24-13-9-8-12-23(24)33-4/h5-16,20H,17H2,1-4H3,(H,28,32). The molecule has 0 saturated carbocycles. The van der Waals surface area contributed by atoms with Gasteiger partial charge in [-0.05, 0) is 62.2 Å². The zero-order valence-electron chi connectivity index (χ0n) is 20.2. The Morgan fingerprint density at radius 3 is 2.46 bits per heavy atom. The minimum Gasteiger partial charge on any atom is -0.493 e. The summed E-state index contributed by atoms with van der Waals surface area (Å²) >= 11 is 1.33. The van der Waals surface area contributed by atoms with Crippen LogP contribution in [0.1, 0.15) is 30.0 Å². The van der Waals surface area contributed by atoms with Crippen LogP contribution in [0.15, 0.2) is 78.0 Å². The monoisotopic (exact) mass is 488 g/mol. The molecule has 35 heavy (non-hydrogen) atoms. The van der Waals surface area contributed by atoms with E-state index < -0.39 is 6.10 Å². The Hall–Kier alpha value is -3.78. The van der Waals surface area contributed by atoms with E-state index in [9.17, 15) is 4.79 Å². The van der Waals surface area contributed by atoms with Gasteiger partial charge in [0.25, 0.3) is 0 Å². The molecule has 1 aromatic heterocycles. The van der Waals surface area contributed by atoms with Gasteiger partial charge in [-0.2, -0.15) is 0 Å². The molecule has 0 radical (unpaired) electrons. The van der Waals surface area contributed by atoms with Crippen LogP contribution in [0, 0.1) is 13.8 Å². The van der Waals surface area contributed by atoms with Gasteiger partial charge in [-0.25, -0.2) is 0 Å². The summed E-state index contributed by atoms with van der Waals surface area (Å²) < 4.78 is 13.5. The molecule has 1 amide bonds. The molecular weight excluding hydrogens is 460 g/mol. The van der Waals surface area contributed by atoms with E-state index in [2.05, 4.69) is 15.5 Å². The van der Waals surface area contributed by atoms with E-state index in [0.717, 1.165) is 22.5 Å². The highest BCUT2D eigenvalue weighted by molar-refractivity contribution is 7.99. The number of hydrogen-bond donors (Lipinski definition) is 1. The fraction of sp³-hybridized carbons (Fsp3) is 0.222. The Balaban J connectivity index is 1.56. The molecule has 0 fully saturated rings. The highest BCUT2D eigenvalue weighted by Gasteiger charge is 2.22. The van der Waals surface area contributed by atoms with Gasteiger partial charge in [-0.15, -0.1) is 10.2 Å². The van der Waals surface area contributed by atoms with E-state index in [0.29, 0.717) is 22.5 Å². The molecule has 180 valence electrons. The van der Waals surface area contributed by atoms with Gasteiger partial charge in [0.05, 0.1) is 12.9 Å². The number of aromatic nitrogens is 3. The smallest absolute Gasteiger partial charge is 0.234 e. The van der Waals surface area contributed by atoms with Crippen LogP contribution in [-0.4, -0.2) is 33.5 Å². The third-order valence-corrected chi connectivity index (χ3v) is 6.34. The van der Waals surface area contributed by atoms with Crippen LogP contribution in [0.25, 0.3) is 5.69 Å². The van der Waals surface area contributed by atoms with E-state index in [4.69, 9.17) is 9.47 Å². The third kappa shape index (κ3) is 5.84. The van der Waals surface area contributed by atoms with Crippen LogP contribution < -0.4 is 14.8 Å². The molecule has 3 aromatic carbocycles. The Kier molecular flexibility index (Phi) is 7.72. The third-order valence-electron chi connectivity index (χ3n) is 5.41. The molecule has 4 rings (SSSR count). The summed E-state index contributed by atoms with van der Waals surface area (Å²) in [5.41, 5.74) is 3.82. The molecule has 7 nitrogen and oxygen atoms in total. The number of aryl methyl sites for hydroxylation is 2. The first-order chi connectivity index (χ1) is 17.0. The average Bonchev–Trinajstić information content (AvgIpc) is 3.30. The minimum atomic E-state index is -0.419. The molecule has 0 aliphatic heterocycles. The Bertz CT molecular complexity index is 1310. The first kappa shape index (κ1) is 24.3. The van der Waals surface area contributed by atoms with Gasteiger partial charge in [0, 0.05) is 11.4 Å². The summed E-state index contributed by atoms with van der Waals surface area (Å²) in [6.45, 7) is 5.89. The molecule has 0 bridgehead atoms. The van der Waals surface area contributed by atoms with Crippen molar-refractivity contribution < 1.29 is 14.3 Å². The van der Waals surface area contributed by atoms with Gasteiger partial charge in [0.2, 0.25) is 5.91 Å². The number of amides is 1. The van der Waals surface area contributed by atoms with Gasteiger partial charge in [0.1, 0.15) is 0 Å². The molecule has 1 heterocycles. The van der Waals surface area contributed by atoms with Gasteiger partial charge in [0.15, 0.2) is 28.6 Å². The number of hydrogen-bond acceptors (Lipinski definition) is 6. The second-order valence-corrected chi connectivity index (χ2v) is 9.02. The molecular formula is C27H28N4O3S. The normalized spacial score (nSPS) is 11.7. The quantitative estimate of drug-likeness (QED) is 0.302. The van der Waals surface area contributed by atoms with Crippen molar-refractivity contribution in [1.29, 1.82) is 0 Å². The summed E-state index contributed by atoms with van der Waals surface area (Å²) in [6.07, 6.45) is -0.419. The fourth-order valence-corrected chi connectivity index (χ4v) is 4.36. The lowest BCUT2D eigenvalue weighted by Crippen LogP contribution is -2.16. The van der Waals surface area contributed by atoms with Gasteiger partial charge in [-0.3, -0.25) is 9.36 Å². The number of carbonyl (C=O) groups excluding carboxylic acids is 1. The van der Waals surface area contributed by atoms with E-state index >= 15 is 0 Å². The SMILES string of the molecule is COc1ccccc1OC(C)c1nnc(SCC(=O)Nc2cc(C)ccc2C)n1-c1ccccc1. The maximum Gasteiger partial charge on any atom is 0.234 e. The Morgan fingerprint density at radius 2 is 1.71 bits per heavy atom. The predicted octanol–water partition coefficient (Wildman–Crippen LogP) is 5.76. The number of benzene rings is 3. The van der Waals surface area contributed by atoms with E-state index in [-0.39, 0.29) is 11.7 Å². The van der Waals surface area contributed by atoms with Crippen LogP contribution >= 0.6 is 11.8 Å². The number of para-hydroxylation sites is 3. The highest BCUT2D eigenvalue weighted by Crippen LogP contribution is 2.32. The van der Waals surface area contributed by atoms with Gasteiger partial charge >= 0.3 is 0 Å². The maximum absolute atomic E-state index is 12.7. The van der Waals surface area contributed by atoms with Crippen LogP contribution in [-0.2, 0) is 4.79 Å². The molecule has 8 heteroatoms. The van der Waals surface area contributed by atoms with Gasteiger partial charge < -0.3 is 14.8 Å². The zero-order valence-corrected chi connectivity index (χ0v) is 21.0. The second kappa shape index (κ2) is 11.1. The summed E-state index contributed by atoms with van der Waals surface area (Å²) in [4.78, 5) is 12.7. The lowest BCUT2D eigenvalue weighted by Gasteiger charge is -2.18. The summed E-state index contributed by atoms with van der Waals surface area (Å²) in [6, 6.07) is 23.3. The molecule has 0 saturated heterocycles. The highest BCUT2D eigenvalue weighted by atomic mass is 32.2. The number of anilines is 1. The first-order valence-electron chi connectivity index (χ1n) is 11.3. The topological polar surface area (TPSA) is 78.3 Å². The van der Waals surface area contributed by atoms with Crippen molar-refractivity contribution >= 4 is 23.4 Å². The lowest BCUT2D eigenvalue weighted by molar-refractivity contribution is -0.113. The maximum atomic E-state index is 12.7. The Morgan fingerprint density at radius 1 is 1.00 bits per heavy atom. The zero-order chi connectivity index (χ0) is 24.8. The predicted molar refractivity (Wildman–Crippen MR) is 139 cm³/mol. The molecule has 0 aliphatic carbocycles. The molecule has 1 unspecified atom stereocenters. The number of nitrogens with one attached hydrogen (secondary N) is 1. The van der Waals surface area contributed by atoms with Crippen molar-refractivity contribution in [2.24, 2.45) is 0 Å². The summed E-state index contributed by atoms with van der Waals surface area (Å²) in [5, 5.41) is 12.4. The summed E-state index contributed by atoms with van der Waals surface area (Å²) in [5.74, 6) is 1.97. The van der Waals surface area contributed by atoms with Gasteiger partial charge in [-0.1, -0.05) is 54.2 Å². The average molecular weight is 489 g/mol. The van der Waals surface area contributed by atoms with E-state index in [1.165, 1.54) is 11.8 Å². The lowest BCUT2D eigenvalue weighted by atomic mass is 10.1. The number of ether oxygens (including phenoxy) is 2. The van der Waals surface area contributed by atoms with Crippen LogP contribution in [0.2, 0.25) is 0 Å². The van der Waals surface area contributed by atoms with Crippen molar-refractivity contribution in [1.82, 2.24) is 14.8 Å². The summed E-state index contributed by atoms with van der Waals surface area (Å²) in [7, 11) is 1.61. The van der Waals surface area contributed by atoms with Crippen molar-refractivity contribution in [2.75, 3.05) is 18.2 Å². The van der Waals surface area contributed by atoms with Crippen molar-refractivity contribution in [3.8, 4) is 17.2 Å². The molecule has 0 aliphatic rings. The van der Waals surface area contributed by atoms with Crippen LogP contribution in [0.5, 0.6) is 11.5 Å². The number of nitrogens with zero attached hydrogens (tertiary/aromatic N) is 3. The molecule has 1 atom stereocenters. The van der Waals surface area contributed by atoms with Crippen molar-refractivity contribution in [2.45, 2.75) is 32.0 Å². The fourth-order valence-electron chi connectivity index (χ4n) is 3.60. The number of thioether (sulfide) groups is 1.